The van der Waals surface area contributed by atoms with Gasteiger partial charge in [-0.1, -0.05) is 30.3 Å². The molecule has 0 aliphatic carbocycles. The normalized spacial score (nSPS) is 15.9. The summed E-state index contributed by atoms with van der Waals surface area (Å²) in [6.07, 6.45) is -1.17. The number of carbonyl (C=O) groups is 3. The van der Waals surface area contributed by atoms with E-state index in [1.165, 1.54) is 0 Å². The number of hydrogen-bond acceptors (Lipinski definition) is 7. The van der Waals surface area contributed by atoms with Crippen LogP contribution in [0.4, 0.5) is 10.5 Å². The van der Waals surface area contributed by atoms with Gasteiger partial charge >= 0.3 is 6.09 Å². The number of carbonyl (C=O) groups excluding carboxylic acids is 3. The molecule has 0 spiro atoms. The van der Waals surface area contributed by atoms with E-state index in [2.05, 4.69) is 10.6 Å². The molecule has 5 N–H and O–H groups in total. The van der Waals surface area contributed by atoms with Crippen molar-refractivity contribution in [1.82, 2.24) is 10.6 Å². The predicted octanol–water partition coefficient (Wildman–Crippen LogP) is 2.05. The van der Waals surface area contributed by atoms with Crippen molar-refractivity contribution < 1.29 is 28.9 Å². The van der Waals surface area contributed by atoms with E-state index in [1.807, 2.05) is 30.3 Å². The number of benzene rings is 2. The molecule has 0 saturated carbocycles. The van der Waals surface area contributed by atoms with Gasteiger partial charge in [0.2, 0.25) is 11.8 Å². The minimum absolute atomic E-state index is 0.000666. The van der Waals surface area contributed by atoms with Crippen LogP contribution in [0.2, 0.25) is 0 Å². The van der Waals surface area contributed by atoms with E-state index in [0.717, 1.165) is 5.56 Å². The Bertz CT molecular complexity index is 1050. The Morgan fingerprint density at radius 2 is 1.89 bits per heavy atom. The molecule has 192 valence electrons. The Hall–Kier alpha value is -3.96. The summed E-state index contributed by atoms with van der Waals surface area (Å²) in [5, 5.41) is 12.6. The molecule has 11 heteroatoms. The Kier molecular flexibility index (Phi) is 9.78. The first kappa shape index (κ1) is 26.6. The van der Waals surface area contributed by atoms with Gasteiger partial charge in [-0.2, -0.15) is 0 Å². The molecule has 11 nitrogen and oxygen atoms in total. The number of amides is 3. The van der Waals surface area contributed by atoms with Crippen LogP contribution in [0.1, 0.15) is 30.9 Å². The molecule has 3 amide bonds. The molecule has 0 radical (unpaired) electrons. The van der Waals surface area contributed by atoms with E-state index in [-0.39, 0.29) is 43.8 Å². The van der Waals surface area contributed by atoms with Gasteiger partial charge in [-0.15, -0.1) is 0 Å². The number of nitrogens with one attached hydrogen (secondary N) is 3. The summed E-state index contributed by atoms with van der Waals surface area (Å²) >= 11 is 0. The predicted molar refractivity (Wildman–Crippen MR) is 132 cm³/mol. The molecule has 1 heterocycles. The summed E-state index contributed by atoms with van der Waals surface area (Å²) in [5.74, 6) is -1.01. The second kappa shape index (κ2) is 13.2. The summed E-state index contributed by atoms with van der Waals surface area (Å²) in [4.78, 5) is 49.2. The third kappa shape index (κ3) is 7.79. The fourth-order valence-electron chi connectivity index (χ4n) is 3.66. The minimum atomic E-state index is -0.979. The van der Waals surface area contributed by atoms with Crippen LogP contribution in [0.15, 0.2) is 54.6 Å². The van der Waals surface area contributed by atoms with Gasteiger partial charge in [0.1, 0.15) is 12.4 Å². The summed E-state index contributed by atoms with van der Waals surface area (Å²) < 4.78 is 5.17. The lowest BCUT2D eigenvalue weighted by atomic mass is 10.0. The van der Waals surface area contributed by atoms with Crippen molar-refractivity contribution >= 4 is 29.4 Å². The lowest BCUT2D eigenvalue weighted by Gasteiger charge is -2.19. The molecule has 1 aliphatic rings. The molecular weight excluding hydrogens is 466 g/mol. The molecule has 0 bridgehead atoms. The first-order chi connectivity index (χ1) is 17.4. The third-order valence-electron chi connectivity index (χ3n) is 5.52. The Labute approximate surface area is 209 Å². The van der Waals surface area contributed by atoms with E-state index >= 15 is 0 Å². The Morgan fingerprint density at radius 1 is 1.17 bits per heavy atom. The zero-order chi connectivity index (χ0) is 25.9. The zero-order valence-corrected chi connectivity index (χ0v) is 20.1. The van der Waals surface area contributed by atoms with Gasteiger partial charge in [0.25, 0.3) is 0 Å². The number of ether oxygens (including phenoxy) is 1. The Balaban J connectivity index is 1.46. The van der Waals surface area contributed by atoms with E-state index in [0.29, 0.717) is 24.2 Å². The van der Waals surface area contributed by atoms with Crippen LogP contribution < -0.4 is 21.3 Å². The first-order valence-corrected chi connectivity index (χ1v) is 11.7. The number of nitrogens with zero attached hydrogens (tertiary/aromatic N) is 1. The molecule has 1 aliphatic heterocycles. The van der Waals surface area contributed by atoms with Crippen LogP contribution in [0, 0.1) is 11.3 Å². The second-order valence-electron chi connectivity index (χ2n) is 8.14. The number of anilines is 1. The van der Waals surface area contributed by atoms with Gasteiger partial charge in [0.05, 0.1) is 13.2 Å². The van der Waals surface area contributed by atoms with Crippen LogP contribution in [-0.4, -0.2) is 49.7 Å². The van der Waals surface area contributed by atoms with E-state index in [9.17, 15) is 14.4 Å². The summed E-state index contributed by atoms with van der Waals surface area (Å²) in [6, 6.07) is 16.0. The second-order valence-corrected chi connectivity index (χ2v) is 8.14. The van der Waals surface area contributed by atoms with Crippen molar-refractivity contribution in [3.8, 4) is 0 Å². The maximum absolute atomic E-state index is 12.8. The highest BCUT2D eigenvalue weighted by Gasteiger charge is 2.34. The van der Waals surface area contributed by atoms with E-state index in [1.54, 1.807) is 36.1 Å². The largest absolute Gasteiger partial charge is 0.445 e. The van der Waals surface area contributed by atoms with Crippen molar-refractivity contribution in [2.75, 3.05) is 24.6 Å². The SMILES string of the molecule is CCOO[C@H](CNC(=O)CC1CCN(c2ccc(C(=N)N)cc2)C1=O)NC(=O)OCc1ccccc1. The van der Waals surface area contributed by atoms with Gasteiger partial charge in [-0.3, -0.25) is 20.3 Å². The van der Waals surface area contributed by atoms with Crippen molar-refractivity contribution in [3.63, 3.8) is 0 Å². The monoisotopic (exact) mass is 497 g/mol. The molecule has 2 atom stereocenters. The molecule has 2 aromatic rings. The summed E-state index contributed by atoms with van der Waals surface area (Å²) in [6.45, 7) is 2.45. The molecule has 1 saturated heterocycles. The highest BCUT2D eigenvalue weighted by Crippen LogP contribution is 2.27. The van der Waals surface area contributed by atoms with Crippen LogP contribution >= 0.6 is 0 Å². The highest BCUT2D eigenvalue weighted by molar-refractivity contribution is 6.00. The average molecular weight is 498 g/mol. The fourth-order valence-corrected chi connectivity index (χ4v) is 3.66. The van der Waals surface area contributed by atoms with Gasteiger partial charge in [0, 0.05) is 30.1 Å². The zero-order valence-electron chi connectivity index (χ0n) is 20.1. The fraction of sp³-hybridized carbons (Fsp3) is 0.360. The van der Waals surface area contributed by atoms with E-state index < -0.39 is 18.2 Å². The molecular formula is C25H31N5O6. The standard InChI is InChI=1S/C25H31N5O6/c1-2-35-36-22(29-25(33)34-16-17-6-4-3-5-7-17)15-28-21(31)14-19-12-13-30(24(19)32)20-10-8-18(9-11-20)23(26)27/h3-11,19,22H,2,12-16H2,1H3,(H3,26,27)(H,28,31)(H,29,33)/t19?,22-/m1/s1. The molecule has 3 rings (SSSR count). The lowest BCUT2D eigenvalue weighted by Crippen LogP contribution is -2.46. The van der Waals surface area contributed by atoms with Crippen molar-refractivity contribution in [3.05, 3.63) is 65.7 Å². The van der Waals surface area contributed by atoms with Crippen LogP contribution in [-0.2, 0) is 30.7 Å². The Morgan fingerprint density at radius 3 is 2.56 bits per heavy atom. The number of nitrogen functional groups attached to an aromatic ring is 1. The molecule has 1 unspecified atom stereocenters. The van der Waals surface area contributed by atoms with E-state index in [4.69, 9.17) is 25.7 Å². The first-order valence-electron chi connectivity index (χ1n) is 11.7. The third-order valence-corrected chi connectivity index (χ3v) is 5.52. The van der Waals surface area contributed by atoms with Gasteiger partial charge in [-0.05, 0) is 43.2 Å². The van der Waals surface area contributed by atoms with Crippen molar-refractivity contribution in [2.24, 2.45) is 11.7 Å². The van der Waals surface area contributed by atoms with Crippen LogP contribution in [0.3, 0.4) is 0 Å². The minimum Gasteiger partial charge on any atom is -0.445 e. The van der Waals surface area contributed by atoms with Gasteiger partial charge in [-0.25, -0.2) is 14.6 Å². The van der Waals surface area contributed by atoms with Crippen LogP contribution in [0.5, 0.6) is 0 Å². The highest BCUT2D eigenvalue weighted by atomic mass is 17.2. The maximum Gasteiger partial charge on any atom is 0.409 e. The van der Waals surface area contributed by atoms with Gasteiger partial charge < -0.3 is 20.7 Å². The van der Waals surface area contributed by atoms with Gasteiger partial charge in [0.15, 0.2) is 6.23 Å². The summed E-state index contributed by atoms with van der Waals surface area (Å²) in [5.41, 5.74) is 7.57. The quantitative estimate of drug-likeness (QED) is 0.115. The molecule has 36 heavy (non-hydrogen) atoms. The topological polar surface area (TPSA) is 156 Å². The molecule has 2 aromatic carbocycles. The van der Waals surface area contributed by atoms with Crippen molar-refractivity contribution in [1.29, 1.82) is 5.41 Å². The number of rotatable bonds is 12. The number of hydrogen-bond donors (Lipinski definition) is 4. The maximum atomic E-state index is 12.8. The number of amidine groups is 1. The average Bonchev–Trinajstić information content (AvgIpc) is 3.24. The molecule has 0 aromatic heterocycles. The van der Waals surface area contributed by atoms with Crippen molar-refractivity contribution in [2.45, 2.75) is 32.6 Å². The summed E-state index contributed by atoms with van der Waals surface area (Å²) in [7, 11) is 0. The number of nitrogens with two attached hydrogens (primary N) is 1. The number of alkyl carbamates (subject to hydrolysis) is 1. The smallest absolute Gasteiger partial charge is 0.409 e. The van der Waals surface area contributed by atoms with Crippen LogP contribution in [0.25, 0.3) is 0 Å². The molecule has 1 fully saturated rings. The lowest BCUT2D eigenvalue weighted by molar-refractivity contribution is -0.324.